The van der Waals surface area contributed by atoms with E-state index in [9.17, 15) is 14.4 Å². The number of ether oxygens (including phenoxy) is 1. The van der Waals surface area contributed by atoms with E-state index in [0.717, 1.165) is 32.4 Å². The van der Waals surface area contributed by atoms with Crippen molar-refractivity contribution in [3.63, 3.8) is 0 Å². The fourth-order valence-electron chi connectivity index (χ4n) is 7.22. The molecule has 1 aromatic carbocycles. The molecule has 0 amide bonds. The Hall–Kier alpha value is -0.910. The molecular weight excluding hydrogens is 425 g/mol. The highest BCUT2D eigenvalue weighted by Crippen LogP contribution is 2.63. The first-order valence-corrected chi connectivity index (χ1v) is 13.8. The fraction of sp³-hybridized carbons (Fsp3) is 0.760. The average molecular weight is 466 g/mol. The maximum absolute atomic E-state index is 11.3. The Morgan fingerprint density at radius 1 is 1.22 bits per heavy atom. The van der Waals surface area contributed by atoms with Gasteiger partial charge in [-0.25, -0.2) is 4.57 Å². The highest BCUT2D eigenvalue weighted by molar-refractivity contribution is 7.46. The molecule has 1 aromatic rings. The third-order valence-corrected chi connectivity index (χ3v) is 8.98. The van der Waals surface area contributed by atoms with Crippen LogP contribution >= 0.6 is 7.82 Å². The topological polar surface area (TPSA) is 79.2 Å². The van der Waals surface area contributed by atoms with Crippen LogP contribution in [0.1, 0.15) is 69.4 Å². The molecule has 0 unspecified atom stereocenters. The van der Waals surface area contributed by atoms with Crippen LogP contribution in [0.2, 0.25) is 0 Å². The summed E-state index contributed by atoms with van der Waals surface area (Å²) < 4.78 is 22.7. The predicted molar refractivity (Wildman–Crippen MR) is 126 cm³/mol. The molecule has 0 spiro atoms. The lowest BCUT2D eigenvalue weighted by Gasteiger charge is -2.53. The minimum atomic E-state index is -4.54. The summed E-state index contributed by atoms with van der Waals surface area (Å²) in [5, 5.41) is 0. The molecule has 32 heavy (non-hydrogen) atoms. The quantitative estimate of drug-likeness (QED) is 0.527. The van der Waals surface area contributed by atoms with Crippen LogP contribution in [0, 0.1) is 23.2 Å². The number of phosphoric ester groups is 1. The van der Waals surface area contributed by atoms with Gasteiger partial charge in [-0.3, -0.25) is 9.79 Å². The molecule has 2 N–H and O–H groups in total. The summed E-state index contributed by atoms with van der Waals surface area (Å²) in [6.45, 7) is 6.52. The van der Waals surface area contributed by atoms with E-state index in [1.54, 1.807) is 6.07 Å². The van der Waals surface area contributed by atoms with Crippen molar-refractivity contribution in [1.29, 1.82) is 0 Å². The van der Waals surface area contributed by atoms with E-state index in [2.05, 4.69) is 38.9 Å². The first-order chi connectivity index (χ1) is 15.1. The van der Waals surface area contributed by atoms with Crippen LogP contribution in [-0.2, 0) is 15.7 Å². The van der Waals surface area contributed by atoms with Gasteiger partial charge in [-0.05, 0) is 98.5 Å². The van der Waals surface area contributed by atoms with Gasteiger partial charge in [-0.1, -0.05) is 32.8 Å². The van der Waals surface area contributed by atoms with Crippen LogP contribution in [-0.4, -0.2) is 48.0 Å². The molecule has 0 saturated heterocycles. The molecule has 0 bridgehead atoms. The van der Waals surface area contributed by atoms with E-state index >= 15 is 0 Å². The number of fused-ring (bicyclic) bond motifs is 5. The van der Waals surface area contributed by atoms with Crippen molar-refractivity contribution in [2.45, 2.75) is 70.8 Å². The minimum absolute atomic E-state index is 0.250. The van der Waals surface area contributed by atoms with Gasteiger partial charge in [-0.2, -0.15) is 0 Å². The van der Waals surface area contributed by atoms with E-state index < -0.39 is 7.82 Å². The molecule has 0 aliphatic heterocycles. The Kier molecular flexibility index (Phi) is 7.10. The molecule has 3 aliphatic carbocycles. The molecule has 0 aromatic heterocycles. The fourth-order valence-corrected chi connectivity index (χ4v) is 7.60. The maximum atomic E-state index is 11.3. The van der Waals surface area contributed by atoms with E-state index in [1.165, 1.54) is 36.8 Å². The molecule has 2 fully saturated rings. The Morgan fingerprint density at radius 3 is 2.69 bits per heavy atom. The number of rotatable bonds is 8. The lowest BCUT2D eigenvalue weighted by molar-refractivity contribution is -0.0753. The van der Waals surface area contributed by atoms with Gasteiger partial charge >= 0.3 is 7.82 Å². The number of nitrogens with zero attached hydrogens (tertiary/aromatic N) is 1. The Balaban J connectivity index is 1.59. The summed E-state index contributed by atoms with van der Waals surface area (Å²) in [6.07, 6.45) is 8.45. The standard InChI is InChI=1S/C25H40NO5P/c1-5-6-17-15-18-16-19(31-32(27,28)29)7-8-20(18)21-11-12-25(2)22(24(17)21)9-10-23(25)30-14-13-26(3)4/h7-8,16-17,21-24H,5-6,9-15H2,1-4H3,(H2,27,28,29)/t17-,21-,22+,23+,24-,25+/m1/s1. The monoisotopic (exact) mass is 465 g/mol. The molecule has 2 saturated carbocycles. The third kappa shape index (κ3) is 4.81. The average Bonchev–Trinajstić information content (AvgIpc) is 3.03. The second-order valence-electron chi connectivity index (χ2n) is 10.8. The SMILES string of the molecule is CCC[C@@H]1Cc2cc(OP(=O)(O)O)ccc2[C@H]2CC[C@]3(C)[C@@H](OCCN(C)C)CC[C@H]3[C@H]12. The van der Waals surface area contributed by atoms with Crippen molar-refractivity contribution in [2.24, 2.45) is 23.2 Å². The lowest BCUT2D eigenvalue weighted by Crippen LogP contribution is -2.48. The van der Waals surface area contributed by atoms with Crippen molar-refractivity contribution in [1.82, 2.24) is 4.90 Å². The normalized spacial score (nSPS) is 34.2. The van der Waals surface area contributed by atoms with Crippen LogP contribution in [0.3, 0.4) is 0 Å². The predicted octanol–water partition coefficient (Wildman–Crippen LogP) is 4.99. The summed E-state index contributed by atoms with van der Waals surface area (Å²) in [5.74, 6) is 2.76. The Morgan fingerprint density at radius 2 is 2.00 bits per heavy atom. The number of hydrogen-bond donors (Lipinski definition) is 2. The maximum Gasteiger partial charge on any atom is 0.524 e. The van der Waals surface area contributed by atoms with Gasteiger partial charge in [0.05, 0.1) is 12.7 Å². The molecular formula is C25H40NO5P. The van der Waals surface area contributed by atoms with Gasteiger partial charge in [0.2, 0.25) is 0 Å². The number of hydrogen-bond acceptors (Lipinski definition) is 4. The van der Waals surface area contributed by atoms with Crippen LogP contribution in [0.25, 0.3) is 0 Å². The van der Waals surface area contributed by atoms with E-state index in [-0.39, 0.29) is 11.2 Å². The molecule has 6 atom stereocenters. The summed E-state index contributed by atoms with van der Waals surface area (Å²) in [4.78, 5) is 20.6. The number of benzene rings is 1. The van der Waals surface area contributed by atoms with Crippen LogP contribution in [0.15, 0.2) is 18.2 Å². The van der Waals surface area contributed by atoms with Crippen molar-refractivity contribution < 1.29 is 23.6 Å². The molecule has 180 valence electrons. The van der Waals surface area contributed by atoms with Gasteiger partial charge in [0.25, 0.3) is 0 Å². The van der Waals surface area contributed by atoms with E-state index in [0.29, 0.717) is 29.8 Å². The minimum Gasteiger partial charge on any atom is -0.404 e. The zero-order chi connectivity index (χ0) is 23.1. The van der Waals surface area contributed by atoms with Gasteiger partial charge < -0.3 is 14.2 Å². The molecule has 6 nitrogen and oxygen atoms in total. The summed E-state index contributed by atoms with van der Waals surface area (Å²) in [6, 6.07) is 5.69. The molecule has 7 heteroatoms. The zero-order valence-electron chi connectivity index (χ0n) is 20.0. The third-order valence-electron chi connectivity index (χ3n) is 8.53. The smallest absolute Gasteiger partial charge is 0.404 e. The lowest BCUT2D eigenvalue weighted by atomic mass is 9.52. The first kappa shape index (κ1) is 24.2. The Labute approximate surface area is 192 Å². The van der Waals surface area contributed by atoms with Gasteiger partial charge in [0.15, 0.2) is 0 Å². The number of likely N-dealkylation sites (N-methyl/N-ethyl adjacent to an activating group) is 1. The van der Waals surface area contributed by atoms with Gasteiger partial charge in [0.1, 0.15) is 5.75 Å². The van der Waals surface area contributed by atoms with Gasteiger partial charge in [0, 0.05) is 6.54 Å². The molecule has 0 radical (unpaired) electrons. The van der Waals surface area contributed by atoms with Gasteiger partial charge in [-0.15, -0.1) is 0 Å². The van der Waals surface area contributed by atoms with E-state index in [4.69, 9.17) is 9.26 Å². The Bertz CT molecular complexity index is 855. The highest BCUT2D eigenvalue weighted by atomic mass is 31.2. The summed E-state index contributed by atoms with van der Waals surface area (Å²) in [5.41, 5.74) is 2.84. The largest absolute Gasteiger partial charge is 0.524 e. The first-order valence-electron chi connectivity index (χ1n) is 12.3. The second-order valence-corrected chi connectivity index (χ2v) is 11.9. The molecule has 3 aliphatic rings. The van der Waals surface area contributed by atoms with Crippen LogP contribution in [0.4, 0.5) is 0 Å². The van der Waals surface area contributed by atoms with Crippen molar-refractivity contribution in [3.8, 4) is 5.75 Å². The molecule has 0 heterocycles. The summed E-state index contributed by atoms with van der Waals surface area (Å²) >= 11 is 0. The van der Waals surface area contributed by atoms with Crippen molar-refractivity contribution in [2.75, 3.05) is 27.2 Å². The highest BCUT2D eigenvalue weighted by Gasteiger charge is 2.57. The summed E-state index contributed by atoms with van der Waals surface area (Å²) in [7, 11) is -0.351. The van der Waals surface area contributed by atoms with Crippen LogP contribution in [0.5, 0.6) is 5.75 Å². The molecule has 4 rings (SSSR count). The van der Waals surface area contributed by atoms with E-state index in [1.807, 2.05) is 6.07 Å². The number of phosphoric acid groups is 1. The van der Waals surface area contributed by atoms with Crippen molar-refractivity contribution in [3.05, 3.63) is 29.3 Å². The second kappa shape index (κ2) is 9.38. The zero-order valence-corrected chi connectivity index (χ0v) is 20.9. The van der Waals surface area contributed by atoms with Crippen molar-refractivity contribution >= 4 is 7.82 Å². The van der Waals surface area contributed by atoms with Crippen LogP contribution < -0.4 is 4.52 Å².